The molecule has 2 N–H and O–H groups in total. The summed E-state index contributed by atoms with van der Waals surface area (Å²) in [4.78, 5) is 22.4. The topological polar surface area (TPSA) is 86.5 Å². The minimum absolute atomic E-state index is 0.0974. The summed E-state index contributed by atoms with van der Waals surface area (Å²) in [5.41, 5.74) is 0.512. The van der Waals surface area contributed by atoms with E-state index in [9.17, 15) is 9.90 Å². The molecule has 0 amide bonds. The fourth-order valence-electron chi connectivity index (χ4n) is 2.48. The van der Waals surface area contributed by atoms with Gasteiger partial charge in [-0.05, 0) is 12.8 Å². The van der Waals surface area contributed by atoms with Gasteiger partial charge >= 0.3 is 0 Å². The molecule has 0 saturated carbocycles. The normalized spacial score (nSPS) is 11.8. The summed E-state index contributed by atoms with van der Waals surface area (Å²) in [6, 6.07) is 1.89. The molecule has 2 heterocycles. The van der Waals surface area contributed by atoms with Crippen molar-refractivity contribution in [2.24, 2.45) is 0 Å². The van der Waals surface area contributed by atoms with E-state index < -0.39 is 0 Å². The van der Waals surface area contributed by atoms with Crippen LogP contribution in [0.5, 0.6) is 0 Å². The summed E-state index contributed by atoms with van der Waals surface area (Å²) >= 11 is 0. The van der Waals surface area contributed by atoms with Crippen molar-refractivity contribution in [1.29, 1.82) is 0 Å². The maximum Gasteiger partial charge on any atom is 0.274 e. The van der Waals surface area contributed by atoms with Crippen molar-refractivity contribution in [1.82, 2.24) is 24.5 Å². The van der Waals surface area contributed by atoms with Gasteiger partial charge in [0, 0.05) is 25.2 Å². The van der Waals surface area contributed by atoms with E-state index in [-0.39, 0.29) is 12.2 Å². The largest absolute Gasteiger partial charge is 0.395 e. The number of aromatic amines is 1. The molecule has 0 aliphatic heterocycles. The van der Waals surface area contributed by atoms with Crippen molar-refractivity contribution in [2.45, 2.75) is 39.3 Å². The van der Waals surface area contributed by atoms with E-state index in [4.69, 9.17) is 0 Å². The molecule has 0 fully saturated rings. The average Bonchev–Trinajstić information content (AvgIpc) is 2.89. The van der Waals surface area contributed by atoms with Crippen LogP contribution in [0.1, 0.15) is 32.4 Å². The predicted octanol–water partition coefficient (Wildman–Crippen LogP) is 0.400. The van der Waals surface area contributed by atoms with Crippen molar-refractivity contribution in [3.63, 3.8) is 0 Å². The second-order valence-corrected chi connectivity index (χ2v) is 4.77. The van der Waals surface area contributed by atoms with Crippen LogP contribution in [0, 0.1) is 0 Å². The van der Waals surface area contributed by atoms with Crippen LogP contribution < -0.4 is 5.56 Å². The molecule has 0 radical (unpaired) electrons. The first-order valence-corrected chi connectivity index (χ1v) is 6.96. The number of H-pyrrole nitrogens is 1. The maximum atomic E-state index is 11.9. The van der Waals surface area contributed by atoms with E-state index in [1.807, 2.05) is 0 Å². The minimum Gasteiger partial charge on any atom is -0.395 e. The van der Waals surface area contributed by atoms with Crippen LogP contribution in [0.3, 0.4) is 0 Å². The molecule has 20 heavy (non-hydrogen) atoms. The first-order chi connectivity index (χ1) is 9.69. The summed E-state index contributed by atoms with van der Waals surface area (Å²) in [6.07, 6.45) is 3.44. The molecule has 110 valence electrons. The molecule has 0 aliphatic carbocycles. The second kappa shape index (κ2) is 6.62. The molecule has 0 spiro atoms. The quantitative estimate of drug-likeness (QED) is 0.766. The Morgan fingerprint density at radius 3 is 2.85 bits per heavy atom. The Morgan fingerprint density at radius 1 is 1.45 bits per heavy atom. The lowest BCUT2D eigenvalue weighted by atomic mass is 10.1. The van der Waals surface area contributed by atoms with Gasteiger partial charge < -0.3 is 5.11 Å². The standard InChI is InChI=1S/C13H21N5O2/c1-3-11(4-2)17(5-6-19)8-10-7-12(20)18-13(16-10)14-9-15-18/h7,9,11,19H,3-6,8H2,1-2H3,(H,14,15,16). The number of aliphatic hydroxyl groups is 1. The van der Waals surface area contributed by atoms with Crippen molar-refractivity contribution in [3.8, 4) is 0 Å². The Kier molecular flexibility index (Phi) is 4.86. The number of fused-ring (bicyclic) bond motifs is 1. The first kappa shape index (κ1) is 14.7. The molecule has 0 atom stereocenters. The SMILES string of the molecule is CCC(CC)N(CCO)Cc1cc(=O)n2[nH]cnc2n1. The summed E-state index contributed by atoms with van der Waals surface area (Å²) < 4.78 is 1.30. The van der Waals surface area contributed by atoms with Gasteiger partial charge in [-0.3, -0.25) is 14.8 Å². The van der Waals surface area contributed by atoms with Gasteiger partial charge in [-0.2, -0.15) is 4.52 Å². The monoisotopic (exact) mass is 279 g/mol. The molecule has 2 aromatic rings. The Bertz CT molecular complexity index is 602. The summed E-state index contributed by atoms with van der Waals surface area (Å²) in [7, 11) is 0. The highest BCUT2D eigenvalue weighted by atomic mass is 16.3. The first-order valence-electron chi connectivity index (χ1n) is 6.96. The van der Waals surface area contributed by atoms with Crippen molar-refractivity contribution in [2.75, 3.05) is 13.2 Å². The minimum atomic E-state index is -0.170. The fraction of sp³-hybridized carbons (Fsp3) is 0.615. The van der Waals surface area contributed by atoms with Crippen molar-refractivity contribution < 1.29 is 5.11 Å². The number of hydrogen-bond acceptors (Lipinski definition) is 5. The van der Waals surface area contributed by atoms with Gasteiger partial charge in [0.2, 0.25) is 0 Å². The molecule has 0 saturated heterocycles. The van der Waals surface area contributed by atoms with Crippen LogP contribution >= 0.6 is 0 Å². The average molecular weight is 279 g/mol. The Balaban J connectivity index is 2.25. The van der Waals surface area contributed by atoms with Crippen LogP contribution in [-0.2, 0) is 6.54 Å². The van der Waals surface area contributed by atoms with E-state index in [0.29, 0.717) is 30.6 Å². The molecular weight excluding hydrogens is 258 g/mol. The van der Waals surface area contributed by atoms with E-state index in [0.717, 1.165) is 12.8 Å². The zero-order valence-corrected chi connectivity index (χ0v) is 11.9. The van der Waals surface area contributed by atoms with Gasteiger partial charge in [-0.15, -0.1) is 0 Å². The Labute approximate surface area is 117 Å². The van der Waals surface area contributed by atoms with E-state index in [1.165, 1.54) is 16.9 Å². The molecule has 2 rings (SSSR count). The second-order valence-electron chi connectivity index (χ2n) is 4.77. The molecule has 0 aliphatic rings. The number of rotatable bonds is 7. The zero-order chi connectivity index (χ0) is 14.5. The van der Waals surface area contributed by atoms with Gasteiger partial charge in [-0.25, -0.2) is 9.97 Å². The summed E-state index contributed by atoms with van der Waals surface area (Å²) in [6.45, 7) is 5.47. The predicted molar refractivity (Wildman–Crippen MR) is 75.5 cm³/mol. The van der Waals surface area contributed by atoms with Crippen LogP contribution in [0.2, 0.25) is 0 Å². The third kappa shape index (κ3) is 3.05. The number of hydrogen-bond donors (Lipinski definition) is 2. The molecule has 7 nitrogen and oxygen atoms in total. The van der Waals surface area contributed by atoms with Crippen LogP contribution in [-0.4, -0.2) is 48.8 Å². The van der Waals surface area contributed by atoms with Crippen LogP contribution in [0.25, 0.3) is 5.78 Å². The summed E-state index contributed by atoms with van der Waals surface area (Å²) in [5.74, 6) is 0.376. The molecule has 2 aromatic heterocycles. The number of nitrogens with zero attached hydrogens (tertiary/aromatic N) is 4. The molecule has 7 heteroatoms. The van der Waals surface area contributed by atoms with E-state index >= 15 is 0 Å². The Hall–Kier alpha value is -1.73. The van der Waals surface area contributed by atoms with Crippen molar-refractivity contribution >= 4 is 5.78 Å². The lowest BCUT2D eigenvalue weighted by Gasteiger charge is -2.29. The summed E-state index contributed by atoms with van der Waals surface area (Å²) in [5, 5.41) is 11.9. The number of aromatic nitrogens is 4. The number of nitrogens with one attached hydrogen (secondary N) is 1. The van der Waals surface area contributed by atoms with Gasteiger partial charge in [0.05, 0.1) is 12.3 Å². The molecule has 0 bridgehead atoms. The zero-order valence-electron chi connectivity index (χ0n) is 11.9. The maximum absolute atomic E-state index is 11.9. The van der Waals surface area contributed by atoms with Crippen LogP contribution in [0.15, 0.2) is 17.2 Å². The third-order valence-electron chi connectivity index (χ3n) is 3.53. The van der Waals surface area contributed by atoms with Crippen molar-refractivity contribution in [3.05, 3.63) is 28.4 Å². The molecular formula is C13H21N5O2. The third-order valence-corrected chi connectivity index (χ3v) is 3.53. The van der Waals surface area contributed by atoms with Crippen LogP contribution in [0.4, 0.5) is 0 Å². The van der Waals surface area contributed by atoms with Gasteiger partial charge in [-0.1, -0.05) is 13.8 Å². The van der Waals surface area contributed by atoms with E-state index in [1.54, 1.807) is 0 Å². The number of aliphatic hydroxyl groups excluding tert-OH is 1. The highest BCUT2D eigenvalue weighted by Gasteiger charge is 2.16. The lowest BCUT2D eigenvalue weighted by molar-refractivity contribution is 0.135. The molecule has 0 aromatic carbocycles. The molecule has 0 unspecified atom stereocenters. The van der Waals surface area contributed by atoms with E-state index in [2.05, 4.69) is 33.8 Å². The highest BCUT2D eigenvalue weighted by Crippen LogP contribution is 2.11. The fourth-order valence-corrected chi connectivity index (χ4v) is 2.48. The van der Waals surface area contributed by atoms with Gasteiger partial charge in [0.25, 0.3) is 11.3 Å². The van der Waals surface area contributed by atoms with Gasteiger partial charge in [0.1, 0.15) is 6.33 Å². The highest BCUT2D eigenvalue weighted by molar-refractivity contribution is 5.25. The smallest absolute Gasteiger partial charge is 0.274 e. The van der Waals surface area contributed by atoms with Gasteiger partial charge in [0.15, 0.2) is 0 Å². The Morgan fingerprint density at radius 2 is 2.20 bits per heavy atom. The lowest BCUT2D eigenvalue weighted by Crippen LogP contribution is -2.36.